The molecule has 57 valence electrons. The third-order valence-electron chi connectivity index (χ3n) is 1.88. The lowest BCUT2D eigenvalue weighted by Gasteiger charge is -2.04. The van der Waals surface area contributed by atoms with Gasteiger partial charge in [-0.1, -0.05) is 50.0 Å². The summed E-state index contributed by atoms with van der Waals surface area (Å²) in [4.78, 5) is 0. The van der Waals surface area contributed by atoms with Crippen molar-refractivity contribution in [3.63, 3.8) is 0 Å². The molecule has 1 radical (unpaired) electrons. The van der Waals surface area contributed by atoms with E-state index in [1.807, 2.05) is 0 Å². The number of benzene rings is 1. The Morgan fingerprint density at radius 3 is 2.45 bits per heavy atom. The molecule has 0 aliphatic heterocycles. The van der Waals surface area contributed by atoms with Crippen molar-refractivity contribution in [3.8, 4) is 0 Å². The zero-order valence-corrected chi connectivity index (χ0v) is 7.17. The van der Waals surface area contributed by atoms with Crippen LogP contribution in [0.25, 0.3) is 0 Å². The standard InChI is InChI=1S/C10H14B/c1-8(2)10-5-3-9(7-11)4-6-10/h3-6,8,11H,7H2,1-2H3/i11D. The van der Waals surface area contributed by atoms with Gasteiger partial charge in [0.1, 0.15) is 0 Å². The molecule has 1 aromatic carbocycles. The normalized spacial score (nSPS) is 11.4. The molecule has 0 spiro atoms. The maximum absolute atomic E-state index is 6.95. The van der Waals surface area contributed by atoms with E-state index in [4.69, 9.17) is 1.34 Å². The van der Waals surface area contributed by atoms with E-state index in [1.165, 1.54) is 18.9 Å². The van der Waals surface area contributed by atoms with Crippen LogP contribution in [0.2, 0.25) is 0 Å². The molecule has 0 bridgehead atoms. The lowest BCUT2D eigenvalue weighted by molar-refractivity contribution is 0.866. The zero-order chi connectivity index (χ0) is 8.97. The van der Waals surface area contributed by atoms with Crippen molar-refractivity contribution in [1.82, 2.24) is 0 Å². The molecule has 0 heterocycles. The summed E-state index contributed by atoms with van der Waals surface area (Å²) >= 11 is 0. The first-order valence-corrected chi connectivity index (χ1v) is 4.03. The van der Waals surface area contributed by atoms with E-state index >= 15 is 0 Å². The molecule has 0 fully saturated rings. The van der Waals surface area contributed by atoms with Crippen molar-refractivity contribution < 1.29 is 0 Å². The lowest BCUT2D eigenvalue weighted by atomic mass is 9.94. The smallest absolute Gasteiger partial charge is 0.0602 e. The van der Waals surface area contributed by atoms with Crippen LogP contribution in [0, 0.1) is 0 Å². The van der Waals surface area contributed by atoms with Crippen LogP contribution in [-0.4, -0.2) is 9.15 Å². The van der Waals surface area contributed by atoms with E-state index in [0.717, 1.165) is 6.32 Å². The predicted molar refractivity (Wildman–Crippen MR) is 51.4 cm³/mol. The molecule has 0 N–H and O–H groups in total. The van der Waals surface area contributed by atoms with Gasteiger partial charge in [0, 0.05) is 0 Å². The van der Waals surface area contributed by atoms with Crippen molar-refractivity contribution in [2.24, 2.45) is 0 Å². The highest BCUT2D eigenvalue weighted by Crippen LogP contribution is 2.14. The van der Waals surface area contributed by atoms with Gasteiger partial charge in [-0.15, -0.1) is 0 Å². The molecule has 0 aliphatic rings. The molecule has 1 heteroatoms. The van der Waals surface area contributed by atoms with Crippen LogP contribution >= 0.6 is 0 Å². The summed E-state index contributed by atoms with van der Waals surface area (Å²) < 4.78 is 6.95. The molecular weight excluding hydrogens is 131 g/mol. The molecule has 0 amide bonds. The number of hydrogen-bond donors (Lipinski definition) is 0. The third-order valence-corrected chi connectivity index (χ3v) is 1.88. The summed E-state index contributed by atoms with van der Waals surface area (Å²) in [5.41, 5.74) is 2.58. The third kappa shape index (κ3) is 2.11. The monoisotopic (exact) mass is 146 g/mol. The van der Waals surface area contributed by atoms with Gasteiger partial charge in [0.2, 0.25) is 0 Å². The SMILES string of the molecule is [2H][B]Cc1ccc(C(C)C)cc1. The van der Waals surface area contributed by atoms with Crippen molar-refractivity contribution in [2.45, 2.75) is 26.1 Å². The summed E-state index contributed by atoms with van der Waals surface area (Å²) in [5.74, 6) is 0.596. The first-order chi connectivity index (χ1) is 5.74. The fourth-order valence-electron chi connectivity index (χ4n) is 1.04. The van der Waals surface area contributed by atoms with Gasteiger partial charge < -0.3 is 0 Å². The maximum atomic E-state index is 6.95. The molecule has 1 rings (SSSR count). The topological polar surface area (TPSA) is 0 Å². The Kier molecular flexibility index (Phi) is 2.29. The fourth-order valence-corrected chi connectivity index (χ4v) is 1.04. The highest BCUT2D eigenvalue weighted by molar-refractivity contribution is 6.08. The van der Waals surface area contributed by atoms with Crippen molar-refractivity contribution >= 4 is 7.81 Å². The summed E-state index contributed by atoms with van der Waals surface area (Å²) in [6, 6.07) is 8.48. The molecule has 0 nitrogen and oxygen atoms in total. The summed E-state index contributed by atoms with van der Waals surface area (Å²) in [7, 11) is 1.43. The van der Waals surface area contributed by atoms with Gasteiger partial charge in [0.15, 0.2) is 0 Å². The van der Waals surface area contributed by atoms with Crippen LogP contribution in [0.5, 0.6) is 0 Å². The second kappa shape index (κ2) is 3.61. The Morgan fingerprint density at radius 1 is 1.36 bits per heavy atom. The van der Waals surface area contributed by atoms with Gasteiger partial charge in [0.05, 0.1) is 7.81 Å². The van der Waals surface area contributed by atoms with Crippen molar-refractivity contribution in [3.05, 3.63) is 35.4 Å². The predicted octanol–water partition coefficient (Wildman–Crippen LogP) is 2.21. The Balaban J connectivity index is 2.71. The summed E-state index contributed by atoms with van der Waals surface area (Å²) in [6.45, 7) is 4.37. The number of rotatable bonds is 3. The molecule has 0 aromatic heterocycles. The Bertz CT molecular complexity index is 228. The first-order valence-electron chi connectivity index (χ1n) is 4.60. The molecule has 0 aliphatic carbocycles. The fraction of sp³-hybridized carbons (Fsp3) is 0.400. The van der Waals surface area contributed by atoms with Gasteiger partial charge >= 0.3 is 0 Å². The summed E-state index contributed by atoms with van der Waals surface area (Å²) in [6.07, 6.45) is 0.748. The van der Waals surface area contributed by atoms with E-state index in [9.17, 15) is 0 Å². The average Bonchev–Trinajstić information content (AvgIpc) is 2.06. The Morgan fingerprint density at radius 2 is 2.00 bits per heavy atom. The minimum Gasteiger partial charge on any atom is -0.0602 e. The molecular formula is C10H14B. The zero-order valence-electron chi connectivity index (χ0n) is 8.17. The van der Waals surface area contributed by atoms with E-state index in [2.05, 4.69) is 38.1 Å². The van der Waals surface area contributed by atoms with E-state index in [1.54, 1.807) is 0 Å². The van der Waals surface area contributed by atoms with E-state index in [-0.39, 0.29) is 0 Å². The molecule has 11 heavy (non-hydrogen) atoms. The van der Waals surface area contributed by atoms with Crippen LogP contribution in [-0.2, 0) is 6.32 Å². The quantitative estimate of drug-likeness (QED) is 0.573. The van der Waals surface area contributed by atoms with Gasteiger partial charge in [-0.2, -0.15) is 0 Å². The Hall–Kier alpha value is -0.715. The Labute approximate surface area is 71.4 Å². The summed E-state index contributed by atoms with van der Waals surface area (Å²) in [5, 5.41) is 0. The van der Waals surface area contributed by atoms with Gasteiger partial charge in [-0.05, 0) is 12.8 Å². The highest BCUT2D eigenvalue weighted by Gasteiger charge is 1.96. The van der Waals surface area contributed by atoms with Crippen molar-refractivity contribution in [2.75, 3.05) is 0 Å². The van der Waals surface area contributed by atoms with Crippen LogP contribution in [0.3, 0.4) is 0 Å². The largest absolute Gasteiger partial charge is 0.0925 e. The molecule has 0 saturated carbocycles. The molecule has 0 atom stereocenters. The second-order valence-electron chi connectivity index (χ2n) is 3.10. The lowest BCUT2D eigenvalue weighted by Crippen LogP contribution is -1.88. The van der Waals surface area contributed by atoms with Crippen molar-refractivity contribution in [1.29, 1.82) is 1.34 Å². The van der Waals surface area contributed by atoms with Crippen LogP contribution in [0.15, 0.2) is 24.3 Å². The van der Waals surface area contributed by atoms with Gasteiger partial charge in [-0.3, -0.25) is 0 Å². The van der Waals surface area contributed by atoms with Crippen LogP contribution in [0.1, 0.15) is 30.9 Å². The molecule has 0 saturated heterocycles. The van der Waals surface area contributed by atoms with Crippen LogP contribution < -0.4 is 0 Å². The number of hydrogen-bond acceptors (Lipinski definition) is 0. The van der Waals surface area contributed by atoms with E-state index < -0.39 is 0 Å². The second-order valence-corrected chi connectivity index (χ2v) is 3.10. The van der Waals surface area contributed by atoms with E-state index in [0.29, 0.717) is 5.92 Å². The minimum absolute atomic E-state index is 0.596. The molecule has 1 aromatic rings. The first kappa shape index (κ1) is 6.96. The van der Waals surface area contributed by atoms with Gasteiger partial charge in [0.25, 0.3) is 0 Å². The maximum Gasteiger partial charge on any atom is 0.0925 e. The van der Waals surface area contributed by atoms with Gasteiger partial charge in [-0.25, -0.2) is 0 Å². The molecule has 0 unspecified atom stereocenters. The average molecular weight is 146 g/mol. The minimum atomic E-state index is 0.596. The van der Waals surface area contributed by atoms with Crippen LogP contribution in [0.4, 0.5) is 0 Å². The highest BCUT2D eigenvalue weighted by atomic mass is 14.0.